The molecule has 0 amide bonds. The fourth-order valence-corrected chi connectivity index (χ4v) is 5.25. The van der Waals surface area contributed by atoms with Crippen LogP contribution >= 0.6 is 0 Å². The van der Waals surface area contributed by atoms with Gasteiger partial charge in [-0.2, -0.15) is 0 Å². The summed E-state index contributed by atoms with van der Waals surface area (Å²) in [7, 11) is 0. The van der Waals surface area contributed by atoms with Gasteiger partial charge in [-0.1, -0.05) is 12.2 Å². The highest BCUT2D eigenvalue weighted by Gasteiger charge is 2.79. The molecule has 7 aliphatic rings. The predicted molar refractivity (Wildman–Crippen MR) is 41.7 cm³/mol. The van der Waals surface area contributed by atoms with E-state index in [9.17, 15) is 0 Å². The van der Waals surface area contributed by atoms with Gasteiger partial charge in [-0.15, -0.1) is 0 Å². The average molecular weight is 144 g/mol. The van der Waals surface area contributed by atoms with Crippen molar-refractivity contribution in [1.82, 2.24) is 0 Å². The first-order valence-electron chi connectivity index (χ1n) is 5.15. The van der Waals surface area contributed by atoms with Crippen molar-refractivity contribution in [3.05, 3.63) is 12.2 Å². The molecule has 0 saturated heterocycles. The zero-order valence-corrected chi connectivity index (χ0v) is 6.48. The summed E-state index contributed by atoms with van der Waals surface area (Å²) >= 11 is 0. The molecule has 5 saturated carbocycles. The molecule has 8 atom stereocenters. The lowest BCUT2D eigenvalue weighted by Crippen LogP contribution is -2.23. The second-order valence-electron chi connectivity index (χ2n) is 5.41. The van der Waals surface area contributed by atoms with Crippen molar-refractivity contribution in [2.45, 2.75) is 6.42 Å². The summed E-state index contributed by atoms with van der Waals surface area (Å²) < 4.78 is 0. The largest absolute Gasteiger partial charge is 0.0845 e. The van der Waals surface area contributed by atoms with E-state index in [2.05, 4.69) is 12.2 Å². The highest BCUT2D eigenvalue weighted by atomic mass is 14.8. The van der Waals surface area contributed by atoms with E-state index in [-0.39, 0.29) is 0 Å². The molecule has 11 heavy (non-hydrogen) atoms. The van der Waals surface area contributed by atoms with Crippen LogP contribution in [0.2, 0.25) is 0 Å². The van der Waals surface area contributed by atoms with Crippen molar-refractivity contribution >= 4 is 0 Å². The first-order valence-corrected chi connectivity index (χ1v) is 5.15. The molecular weight excluding hydrogens is 132 g/mol. The third kappa shape index (κ3) is 0.292. The Morgan fingerprint density at radius 2 is 1.18 bits per heavy atom. The molecule has 5 fully saturated rings. The topological polar surface area (TPSA) is 0 Å². The lowest BCUT2D eigenvalue weighted by atomic mass is 9.76. The van der Waals surface area contributed by atoms with Gasteiger partial charge in [0.15, 0.2) is 0 Å². The Kier molecular flexibility index (Phi) is 0.444. The minimum Gasteiger partial charge on any atom is -0.0845 e. The van der Waals surface area contributed by atoms with Crippen LogP contribution in [0.5, 0.6) is 0 Å². The Hall–Kier alpha value is -0.260. The summed E-state index contributed by atoms with van der Waals surface area (Å²) in [5.74, 6) is 9.38. The van der Waals surface area contributed by atoms with Crippen molar-refractivity contribution in [1.29, 1.82) is 0 Å². The number of allylic oxidation sites excluding steroid dienone is 2. The van der Waals surface area contributed by atoms with Crippen LogP contribution in [-0.4, -0.2) is 0 Å². The van der Waals surface area contributed by atoms with Crippen LogP contribution in [0.3, 0.4) is 0 Å². The molecule has 7 rings (SSSR count). The summed E-state index contributed by atoms with van der Waals surface area (Å²) in [5.41, 5.74) is 0. The molecule has 0 spiro atoms. The van der Waals surface area contributed by atoms with Crippen molar-refractivity contribution in [2.24, 2.45) is 47.3 Å². The molecule has 7 aliphatic carbocycles. The second kappa shape index (κ2) is 1.04. The number of hydrogen-bond donors (Lipinski definition) is 0. The molecule has 8 bridgehead atoms. The molecule has 0 heterocycles. The molecule has 0 nitrogen and oxygen atoms in total. The van der Waals surface area contributed by atoms with Crippen molar-refractivity contribution in [2.75, 3.05) is 0 Å². The van der Waals surface area contributed by atoms with Crippen LogP contribution in [0.25, 0.3) is 0 Å². The van der Waals surface area contributed by atoms with E-state index in [0.29, 0.717) is 0 Å². The van der Waals surface area contributed by atoms with Gasteiger partial charge < -0.3 is 0 Å². The molecule has 0 aromatic rings. The monoisotopic (exact) mass is 144 g/mol. The van der Waals surface area contributed by atoms with Gasteiger partial charge in [0.25, 0.3) is 0 Å². The van der Waals surface area contributed by atoms with Crippen molar-refractivity contribution in [3.63, 3.8) is 0 Å². The summed E-state index contributed by atoms with van der Waals surface area (Å²) in [5, 5.41) is 0. The Balaban J connectivity index is 1.87. The van der Waals surface area contributed by atoms with Crippen LogP contribution in [0.4, 0.5) is 0 Å². The number of rotatable bonds is 0. The predicted octanol–water partition coefficient (Wildman–Crippen LogP) is 1.93. The quantitative estimate of drug-likeness (QED) is 0.456. The molecule has 0 N–H and O–H groups in total. The first kappa shape index (κ1) is 4.69. The second-order valence-corrected chi connectivity index (χ2v) is 5.41. The fraction of sp³-hybridized carbons (Fsp3) is 0.818. The third-order valence-electron chi connectivity index (χ3n) is 5.46. The Morgan fingerprint density at radius 1 is 0.727 bits per heavy atom. The van der Waals surface area contributed by atoms with E-state index >= 15 is 0 Å². The van der Waals surface area contributed by atoms with E-state index < -0.39 is 0 Å². The van der Waals surface area contributed by atoms with Crippen LogP contribution in [0, 0.1) is 47.3 Å². The summed E-state index contributed by atoms with van der Waals surface area (Å²) in [4.78, 5) is 0. The maximum Gasteiger partial charge on any atom is -0.0165 e. The van der Waals surface area contributed by atoms with Gasteiger partial charge in [0, 0.05) is 0 Å². The van der Waals surface area contributed by atoms with E-state index in [1.165, 1.54) is 35.5 Å². The van der Waals surface area contributed by atoms with Gasteiger partial charge in [0.2, 0.25) is 0 Å². The molecular formula is C11H12. The standard InChI is InChI=1S/C11H12/c1-2-5-10-6-3-7-9(11(5)7)4(1)8(6)10/h1-2,4-11H,3H2/t4?,5?,6?,7?,8-,9+,10+,11-. The zero-order valence-electron chi connectivity index (χ0n) is 6.48. The third-order valence-corrected chi connectivity index (χ3v) is 5.46. The Morgan fingerprint density at radius 3 is 1.64 bits per heavy atom. The summed E-state index contributed by atoms with van der Waals surface area (Å²) in [6.07, 6.45) is 6.79. The molecule has 0 aromatic heterocycles. The highest BCUT2D eigenvalue weighted by molar-refractivity contribution is 5.34. The normalized spacial score (nSPS) is 83.6. The average Bonchev–Trinajstić information content (AvgIpc) is 2.90. The Labute approximate surface area is 66.7 Å². The molecule has 56 valence electrons. The van der Waals surface area contributed by atoms with Crippen LogP contribution < -0.4 is 0 Å². The van der Waals surface area contributed by atoms with Crippen molar-refractivity contribution in [3.8, 4) is 0 Å². The number of hydrogen-bond acceptors (Lipinski definition) is 0. The Bertz CT molecular complexity index is 242. The first-order chi connectivity index (χ1) is 5.47. The minimum atomic E-state index is 1.08. The SMILES string of the molecule is C1=CC2[C@@H]3C4CC5[C@@H](C1[C@@H]43)[C@@H]25. The van der Waals surface area contributed by atoms with Gasteiger partial charge in [-0.25, -0.2) is 0 Å². The molecule has 4 unspecified atom stereocenters. The summed E-state index contributed by atoms with van der Waals surface area (Å²) in [6, 6.07) is 0. The lowest BCUT2D eigenvalue weighted by Gasteiger charge is -2.28. The van der Waals surface area contributed by atoms with Gasteiger partial charge in [-0.3, -0.25) is 0 Å². The van der Waals surface area contributed by atoms with E-state index in [4.69, 9.17) is 0 Å². The van der Waals surface area contributed by atoms with Gasteiger partial charge in [0.1, 0.15) is 0 Å². The molecule has 0 heteroatoms. The molecule has 0 aromatic carbocycles. The van der Waals surface area contributed by atoms with Crippen LogP contribution in [-0.2, 0) is 0 Å². The molecule has 0 radical (unpaired) electrons. The van der Waals surface area contributed by atoms with E-state index in [1.54, 1.807) is 6.42 Å². The van der Waals surface area contributed by atoms with E-state index in [0.717, 1.165) is 11.8 Å². The fourth-order valence-electron chi connectivity index (χ4n) is 5.25. The van der Waals surface area contributed by atoms with E-state index in [1.807, 2.05) is 0 Å². The molecule has 0 aliphatic heterocycles. The van der Waals surface area contributed by atoms with Gasteiger partial charge >= 0.3 is 0 Å². The maximum atomic E-state index is 2.58. The zero-order chi connectivity index (χ0) is 6.74. The van der Waals surface area contributed by atoms with Crippen LogP contribution in [0.1, 0.15) is 6.42 Å². The minimum absolute atomic E-state index is 1.08. The smallest absolute Gasteiger partial charge is 0.0165 e. The summed E-state index contributed by atoms with van der Waals surface area (Å²) in [6.45, 7) is 0. The van der Waals surface area contributed by atoms with Crippen molar-refractivity contribution < 1.29 is 0 Å². The van der Waals surface area contributed by atoms with Gasteiger partial charge in [0.05, 0.1) is 0 Å². The van der Waals surface area contributed by atoms with Crippen LogP contribution in [0.15, 0.2) is 12.2 Å². The van der Waals surface area contributed by atoms with Gasteiger partial charge in [-0.05, 0) is 53.8 Å². The highest BCUT2D eigenvalue weighted by Crippen LogP contribution is 2.83. The maximum absolute atomic E-state index is 2.58. The lowest BCUT2D eigenvalue weighted by molar-refractivity contribution is 0.290.